The van der Waals surface area contributed by atoms with Gasteiger partial charge in [0.05, 0.1) is 6.42 Å². The zero-order valence-electron chi connectivity index (χ0n) is 12.6. The Labute approximate surface area is 125 Å². The molecule has 1 atom stereocenters. The Morgan fingerprint density at radius 1 is 1.24 bits per heavy atom. The minimum Gasteiger partial charge on any atom is -0.481 e. The summed E-state index contributed by atoms with van der Waals surface area (Å²) >= 11 is 0. The highest BCUT2D eigenvalue weighted by Crippen LogP contribution is 2.08. The monoisotopic (exact) mass is 299 g/mol. The molecule has 0 saturated carbocycles. The molecule has 3 amide bonds. The van der Waals surface area contributed by atoms with E-state index >= 15 is 0 Å². The molecule has 0 aromatic rings. The van der Waals surface area contributed by atoms with Gasteiger partial charge in [0.25, 0.3) is 0 Å². The number of hydrogen-bond donors (Lipinski definition) is 3. The number of amides is 3. The number of urea groups is 1. The Morgan fingerprint density at radius 3 is 2.48 bits per heavy atom. The van der Waals surface area contributed by atoms with Gasteiger partial charge in [0.1, 0.15) is 0 Å². The first-order valence-electron chi connectivity index (χ1n) is 7.56. The van der Waals surface area contributed by atoms with Gasteiger partial charge >= 0.3 is 12.0 Å². The van der Waals surface area contributed by atoms with E-state index in [1.165, 1.54) is 0 Å². The molecule has 1 fully saturated rings. The summed E-state index contributed by atoms with van der Waals surface area (Å²) in [5.74, 6) is -0.874. The molecule has 0 aromatic carbocycles. The maximum Gasteiger partial charge on any atom is 0.315 e. The van der Waals surface area contributed by atoms with E-state index in [0.717, 1.165) is 32.4 Å². The van der Waals surface area contributed by atoms with Crippen molar-refractivity contribution in [3.63, 3.8) is 0 Å². The van der Waals surface area contributed by atoms with Gasteiger partial charge < -0.3 is 20.6 Å². The van der Waals surface area contributed by atoms with Gasteiger partial charge in [-0.15, -0.1) is 0 Å². The van der Waals surface area contributed by atoms with Crippen LogP contribution in [0.5, 0.6) is 0 Å². The predicted molar refractivity (Wildman–Crippen MR) is 77.9 cm³/mol. The van der Waals surface area contributed by atoms with E-state index in [1.807, 2.05) is 11.8 Å². The van der Waals surface area contributed by atoms with Gasteiger partial charge in [-0.05, 0) is 19.3 Å². The number of hydrogen-bond acceptors (Lipinski definition) is 3. The molecule has 1 aliphatic heterocycles. The zero-order chi connectivity index (χ0) is 15.7. The first kappa shape index (κ1) is 17.3. The molecule has 3 N–H and O–H groups in total. The molecule has 0 bridgehead atoms. The van der Waals surface area contributed by atoms with E-state index in [9.17, 15) is 14.4 Å². The average molecular weight is 299 g/mol. The topological polar surface area (TPSA) is 98.7 Å². The Bertz CT molecular complexity index is 367. The van der Waals surface area contributed by atoms with Crippen LogP contribution in [0.3, 0.4) is 0 Å². The van der Waals surface area contributed by atoms with Gasteiger partial charge in [0.15, 0.2) is 0 Å². The minimum absolute atomic E-state index is 0.0587. The second kappa shape index (κ2) is 9.20. The number of nitrogens with zero attached hydrogens (tertiary/aromatic N) is 1. The van der Waals surface area contributed by atoms with Gasteiger partial charge in [-0.25, -0.2) is 4.79 Å². The molecule has 0 spiro atoms. The van der Waals surface area contributed by atoms with Crippen molar-refractivity contribution in [3.8, 4) is 0 Å². The zero-order valence-corrected chi connectivity index (χ0v) is 12.6. The molecule has 1 rings (SSSR count). The van der Waals surface area contributed by atoms with Crippen LogP contribution in [0.25, 0.3) is 0 Å². The van der Waals surface area contributed by atoms with Crippen molar-refractivity contribution in [1.82, 2.24) is 15.5 Å². The third-order valence-corrected chi connectivity index (χ3v) is 3.48. The molecule has 7 nitrogen and oxygen atoms in total. The lowest BCUT2D eigenvalue weighted by Gasteiger charge is -2.18. The molecule has 120 valence electrons. The fraction of sp³-hybridized carbons (Fsp3) is 0.786. The third kappa shape index (κ3) is 6.97. The van der Waals surface area contributed by atoms with Crippen LogP contribution in [0.2, 0.25) is 0 Å². The van der Waals surface area contributed by atoms with Crippen molar-refractivity contribution >= 4 is 17.9 Å². The van der Waals surface area contributed by atoms with E-state index < -0.39 is 12.0 Å². The van der Waals surface area contributed by atoms with Crippen molar-refractivity contribution in [2.75, 3.05) is 19.6 Å². The molecule has 1 saturated heterocycles. The van der Waals surface area contributed by atoms with E-state index in [0.29, 0.717) is 6.42 Å². The molecule has 1 aliphatic rings. The third-order valence-electron chi connectivity index (χ3n) is 3.48. The second-order valence-electron chi connectivity index (χ2n) is 5.32. The Morgan fingerprint density at radius 2 is 1.90 bits per heavy atom. The van der Waals surface area contributed by atoms with Crippen LogP contribution in [-0.2, 0) is 9.59 Å². The quantitative estimate of drug-likeness (QED) is 0.621. The van der Waals surface area contributed by atoms with Crippen LogP contribution in [0.1, 0.15) is 45.4 Å². The first-order valence-corrected chi connectivity index (χ1v) is 7.56. The molecule has 21 heavy (non-hydrogen) atoms. The van der Waals surface area contributed by atoms with Crippen LogP contribution < -0.4 is 10.6 Å². The Kier molecular flexibility index (Phi) is 7.56. The number of carboxylic acids is 1. The molecule has 1 unspecified atom stereocenters. The van der Waals surface area contributed by atoms with Crippen molar-refractivity contribution in [2.45, 2.75) is 51.5 Å². The van der Waals surface area contributed by atoms with Gasteiger partial charge in [0, 0.05) is 32.1 Å². The molecule has 1 heterocycles. The van der Waals surface area contributed by atoms with Crippen LogP contribution in [0, 0.1) is 0 Å². The van der Waals surface area contributed by atoms with E-state index in [2.05, 4.69) is 10.6 Å². The van der Waals surface area contributed by atoms with Gasteiger partial charge in [-0.2, -0.15) is 0 Å². The standard InChI is InChI=1S/C14H25N3O4/c1-2-5-11(10-13(19)20)16-14(21)15-7-6-12(18)17-8-3-4-9-17/h11H,2-10H2,1H3,(H,19,20)(H2,15,16,21). The SMILES string of the molecule is CCCC(CC(=O)O)NC(=O)NCCC(=O)N1CCCC1. The maximum atomic E-state index is 11.8. The number of nitrogens with one attached hydrogen (secondary N) is 2. The van der Waals surface area contributed by atoms with Crippen LogP contribution in [0.15, 0.2) is 0 Å². The molecule has 0 aromatic heterocycles. The summed E-state index contributed by atoms with van der Waals surface area (Å²) in [7, 11) is 0. The summed E-state index contributed by atoms with van der Waals surface area (Å²) in [6.07, 6.45) is 3.71. The first-order chi connectivity index (χ1) is 10.0. The Balaban J connectivity index is 2.22. The average Bonchev–Trinajstić information content (AvgIpc) is 2.91. The van der Waals surface area contributed by atoms with E-state index in [4.69, 9.17) is 5.11 Å². The van der Waals surface area contributed by atoms with Gasteiger partial charge in [-0.3, -0.25) is 9.59 Å². The lowest BCUT2D eigenvalue weighted by Crippen LogP contribution is -2.44. The van der Waals surface area contributed by atoms with Crippen LogP contribution >= 0.6 is 0 Å². The summed E-state index contributed by atoms with van der Waals surface area (Å²) in [5.41, 5.74) is 0. The van der Waals surface area contributed by atoms with Gasteiger partial charge in [-0.1, -0.05) is 13.3 Å². The summed E-state index contributed by atoms with van der Waals surface area (Å²) < 4.78 is 0. The number of likely N-dealkylation sites (tertiary alicyclic amines) is 1. The van der Waals surface area contributed by atoms with Gasteiger partial charge in [0.2, 0.25) is 5.91 Å². The number of aliphatic carboxylic acids is 1. The van der Waals surface area contributed by atoms with Crippen LogP contribution in [0.4, 0.5) is 4.79 Å². The summed E-state index contributed by atoms with van der Waals surface area (Å²) in [4.78, 5) is 35.9. The lowest BCUT2D eigenvalue weighted by atomic mass is 10.1. The van der Waals surface area contributed by atoms with Crippen molar-refractivity contribution < 1.29 is 19.5 Å². The molecule has 0 aliphatic carbocycles. The normalized spacial score (nSPS) is 15.6. The highest BCUT2D eigenvalue weighted by Gasteiger charge is 2.18. The van der Waals surface area contributed by atoms with Crippen molar-refractivity contribution in [3.05, 3.63) is 0 Å². The molecular weight excluding hydrogens is 274 g/mol. The van der Waals surface area contributed by atoms with Crippen LogP contribution in [-0.4, -0.2) is 53.6 Å². The summed E-state index contributed by atoms with van der Waals surface area (Å²) in [6, 6.07) is -0.786. The number of carbonyl (C=O) groups is 3. The Hall–Kier alpha value is -1.79. The minimum atomic E-state index is -0.932. The number of carboxylic acid groups (broad SMARTS) is 1. The number of carbonyl (C=O) groups excluding carboxylic acids is 2. The second-order valence-corrected chi connectivity index (χ2v) is 5.32. The highest BCUT2D eigenvalue weighted by atomic mass is 16.4. The fourth-order valence-corrected chi connectivity index (χ4v) is 2.43. The fourth-order valence-electron chi connectivity index (χ4n) is 2.43. The number of rotatable bonds is 8. The van der Waals surface area contributed by atoms with Crippen molar-refractivity contribution in [2.24, 2.45) is 0 Å². The summed E-state index contributed by atoms with van der Waals surface area (Å²) in [6.45, 7) is 3.82. The predicted octanol–water partition coefficient (Wildman–Crippen LogP) is 0.942. The lowest BCUT2D eigenvalue weighted by molar-refractivity contribution is -0.137. The van der Waals surface area contributed by atoms with E-state index in [-0.39, 0.29) is 31.3 Å². The maximum absolute atomic E-state index is 11.8. The molecule has 0 radical (unpaired) electrons. The largest absolute Gasteiger partial charge is 0.481 e. The van der Waals surface area contributed by atoms with Crippen molar-refractivity contribution in [1.29, 1.82) is 0 Å². The molecule has 7 heteroatoms. The van der Waals surface area contributed by atoms with E-state index in [1.54, 1.807) is 0 Å². The highest BCUT2D eigenvalue weighted by molar-refractivity contribution is 5.79. The molecular formula is C14H25N3O4. The summed E-state index contributed by atoms with van der Waals surface area (Å²) in [5, 5.41) is 14.0. The smallest absolute Gasteiger partial charge is 0.315 e.